The van der Waals surface area contributed by atoms with Crippen molar-refractivity contribution in [1.82, 2.24) is 14.5 Å². The smallest absolute Gasteiger partial charge is 0.262 e. The fourth-order valence-electron chi connectivity index (χ4n) is 4.04. The second kappa shape index (κ2) is 10.3. The molecule has 6 nitrogen and oxygen atoms in total. The number of hydrogen-bond donors (Lipinski definition) is 0. The molecule has 8 heteroatoms. The monoisotopic (exact) mass is 485 g/mol. The van der Waals surface area contributed by atoms with Gasteiger partial charge in [-0.3, -0.25) is 14.2 Å². The standard InChI is InChI=1S/C25H28ClN3O3S/c1-16-6-7-18(17(2)11-16)13-28(3)23(30)15-33-25-27-22-12-19(26)8-9-21(22)24(31)29(25)14-20-5-4-10-32-20/h6-9,11-12,20H,4-5,10,13-15H2,1-3H3/t20-/m1/s1. The summed E-state index contributed by atoms with van der Waals surface area (Å²) in [4.78, 5) is 32.6. The fraction of sp³-hybridized carbons (Fsp3) is 0.400. The number of halogens is 1. The Hall–Kier alpha value is -2.35. The first-order valence-electron chi connectivity index (χ1n) is 11.1. The average Bonchev–Trinajstić information content (AvgIpc) is 3.29. The highest BCUT2D eigenvalue weighted by Gasteiger charge is 2.21. The van der Waals surface area contributed by atoms with Gasteiger partial charge in [-0.2, -0.15) is 0 Å². The first-order chi connectivity index (χ1) is 15.8. The number of thioether (sulfide) groups is 1. The normalized spacial score (nSPS) is 15.8. The van der Waals surface area contributed by atoms with Crippen LogP contribution in [0.1, 0.15) is 29.5 Å². The SMILES string of the molecule is Cc1ccc(CN(C)C(=O)CSc2nc3cc(Cl)ccc3c(=O)n2C[C@H]2CCCO2)c(C)c1. The van der Waals surface area contributed by atoms with Gasteiger partial charge >= 0.3 is 0 Å². The van der Waals surface area contributed by atoms with Crippen molar-refractivity contribution in [1.29, 1.82) is 0 Å². The van der Waals surface area contributed by atoms with Crippen molar-refractivity contribution in [3.63, 3.8) is 0 Å². The lowest BCUT2D eigenvalue weighted by Crippen LogP contribution is -2.30. The third-order valence-electron chi connectivity index (χ3n) is 5.95. The zero-order valence-electron chi connectivity index (χ0n) is 19.1. The number of rotatable bonds is 7. The lowest BCUT2D eigenvalue weighted by atomic mass is 10.1. The molecule has 0 bridgehead atoms. The lowest BCUT2D eigenvalue weighted by Gasteiger charge is -2.20. The second-order valence-electron chi connectivity index (χ2n) is 8.58. The van der Waals surface area contributed by atoms with E-state index in [0.29, 0.717) is 40.8 Å². The van der Waals surface area contributed by atoms with Gasteiger partial charge in [0.25, 0.3) is 5.56 Å². The van der Waals surface area contributed by atoms with Crippen LogP contribution in [0.3, 0.4) is 0 Å². The van der Waals surface area contributed by atoms with Gasteiger partial charge in [-0.25, -0.2) is 4.98 Å². The number of hydrogen-bond acceptors (Lipinski definition) is 5. The van der Waals surface area contributed by atoms with Crippen molar-refractivity contribution in [3.05, 3.63) is 68.5 Å². The zero-order chi connectivity index (χ0) is 23.5. The summed E-state index contributed by atoms with van der Waals surface area (Å²) in [6.45, 7) is 5.79. The minimum Gasteiger partial charge on any atom is -0.376 e. The van der Waals surface area contributed by atoms with E-state index >= 15 is 0 Å². The van der Waals surface area contributed by atoms with E-state index in [-0.39, 0.29) is 23.3 Å². The number of carbonyl (C=O) groups is 1. The summed E-state index contributed by atoms with van der Waals surface area (Å²) in [5, 5.41) is 1.55. The summed E-state index contributed by atoms with van der Waals surface area (Å²) < 4.78 is 7.40. The molecule has 2 aromatic carbocycles. The van der Waals surface area contributed by atoms with Crippen LogP contribution in [-0.2, 0) is 22.6 Å². The van der Waals surface area contributed by atoms with E-state index in [4.69, 9.17) is 21.3 Å². The molecule has 0 unspecified atom stereocenters. The van der Waals surface area contributed by atoms with Crippen LogP contribution in [0.4, 0.5) is 0 Å². The summed E-state index contributed by atoms with van der Waals surface area (Å²) in [6.07, 6.45) is 1.88. The molecule has 174 valence electrons. The van der Waals surface area contributed by atoms with Gasteiger partial charge in [-0.15, -0.1) is 0 Å². The predicted octanol–water partition coefficient (Wildman–Crippen LogP) is 4.60. The van der Waals surface area contributed by atoms with Crippen LogP contribution in [0.25, 0.3) is 10.9 Å². The van der Waals surface area contributed by atoms with E-state index in [1.54, 1.807) is 34.7 Å². The summed E-state index contributed by atoms with van der Waals surface area (Å²) in [5.41, 5.74) is 3.89. The maximum atomic E-state index is 13.2. The average molecular weight is 486 g/mol. The molecule has 4 rings (SSSR count). The maximum absolute atomic E-state index is 13.2. The Morgan fingerprint density at radius 3 is 2.82 bits per heavy atom. The molecular weight excluding hydrogens is 458 g/mol. The molecule has 0 aliphatic carbocycles. The predicted molar refractivity (Wildman–Crippen MR) is 133 cm³/mol. The van der Waals surface area contributed by atoms with E-state index in [1.165, 1.54) is 22.9 Å². The number of nitrogens with zero attached hydrogens (tertiary/aromatic N) is 3. The highest BCUT2D eigenvalue weighted by atomic mass is 35.5. The van der Waals surface area contributed by atoms with Crippen molar-refractivity contribution in [2.45, 2.75) is 51.0 Å². The Labute approximate surface area is 202 Å². The highest BCUT2D eigenvalue weighted by molar-refractivity contribution is 7.99. The minimum atomic E-state index is -0.134. The van der Waals surface area contributed by atoms with Crippen molar-refractivity contribution in [2.24, 2.45) is 0 Å². The van der Waals surface area contributed by atoms with Crippen molar-refractivity contribution in [2.75, 3.05) is 19.4 Å². The molecule has 1 aliphatic rings. The topological polar surface area (TPSA) is 64.4 Å². The Kier molecular flexibility index (Phi) is 7.41. The van der Waals surface area contributed by atoms with Crippen molar-refractivity contribution in [3.8, 4) is 0 Å². The second-order valence-corrected chi connectivity index (χ2v) is 9.95. The van der Waals surface area contributed by atoms with Gasteiger partial charge in [0.1, 0.15) is 0 Å². The Bertz CT molecular complexity index is 1240. The summed E-state index contributed by atoms with van der Waals surface area (Å²) in [5.74, 6) is 0.162. The zero-order valence-corrected chi connectivity index (χ0v) is 20.7. The molecule has 1 amide bonds. The van der Waals surface area contributed by atoms with Gasteiger partial charge < -0.3 is 9.64 Å². The summed E-state index contributed by atoms with van der Waals surface area (Å²) >= 11 is 7.41. The molecule has 0 spiro atoms. The van der Waals surface area contributed by atoms with Crippen molar-refractivity contribution < 1.29 is 9.53 Å². The van der Waals surface area contributed by atoms with Gasteiger partial charge in [-0.05, 0) is 56.0 Å². The van der Waals surface area contributed by atoms with Crippen LogP contribution in [0.15, 0.2) is 46.3 Å². The quantitative estimate of drug-likeness (QED) is 0.361. The minimum absolute atomic E-state index is 0.0171. The van der Waals surface area contributed by atoms with E-state index in [1.807, 2.05) is 0 Å². The first kappa shape index (κ1) is 23.8. The molecular formula is C25H28ClN3O3S. The molecule has 1 fully saturated rings. The third-order valence-corrected chi connectivity index (χ3v) is 7.14. The van der Waals surface area contributed by atoms with Gasteiger partial charge in [0.15, 0.2) is 5.16 Å². The molecule has 3 aromatic rings. The number of aryl methyl sites for hydroxylation is 2. The molecule has 0 radical (unpaired) electrons. The number of ether oxygens (including phenoxy) is 1. The lowest BCUT2D eigenvalue weighted by molar-refractivity contribution is -0.127. The Morgan fingerprint density at radius 1 is 1.27 bits per heavy atom. The van der Waals surface area contributed by atoms with Crippen LogP contribution in [-0.4, -0.2) is 45.9 Å². The van der Waals surface area contributed by atoms with Crippen LogP contribution < -0.4 is 5.56 Å². The largest absolute Gasteiger partial charge is 0.376 e. The van der Waals surface area contributed by atoms with Crippen LogP contribution in [0.2, 0.25) is 5.02 Å². The summed E-state index contributed by atoms with van der Waals surface area (Å²) in [7, 11) is 1.80. The van der Waals surface area contributed by atoms with Gasteiger partial charge in [0.05, 0.1) is 29.3 Å². The molecule has 0 saturated carbocycles. The van der Waals surface area contributed by atoms with E-state index in [0.717, 1.165) is 18.4 Å². The van der Waals surface area contributed by atoms with Crippen LogP contribution in [0.5, 0.6) is 0 Å². The molecule has 0 N–H and O–H groups in total. The number of benzene rings is 2. The van der Waals surface area contributed by atoms with Gasteiger partial charge in [0.2, 0.25) is 5.91 Å². The highest BCUT2D eigenvalue weighted by Crippen LogP contribution is 2.23. The fourth-order valence-corrected chi connectivity index (χ4v) is 5.16. The Morgan fingerprint density at radius 2 is 2.09 bits per heavy atom. The molecule has 1 atom stereocenters. The van der Waals surface area contributed by atoms with Crippen LogP contribution in [0, 0.1) is 13.8 Å². The Balaban J connectivity index is 1.54. The van der Waals surface area contributed by atoms with Crippen molar-refractivity contribution >= 4 is 40.2 Å². The van der Waals surface area contributed by atoms with Crippen LogP contribution >= 0.6 is 23.4 Å². The first-order valence-corrected chi connectivity index (χ1v) is 12.4. The van der Waals surface area contributed by atoms with E-state index < -0.39 is 0 Å². The molecule has 1 aliphatic heterocycles. The molecule has 33 heavy (non-hydrogen) atoms. The summed E-state index contributed by atoms with van der Waals surface area (Å²) in [6, 6.07) is 11.3. The molecule has 2 heterocycles. The third kappa shape index (κ3) is 5.60. The van der Waals surface area contributed by atoms with E-state index in [2.05, 4.69) is 32.0 Å². The molecule has 1 aromatic heterocycles. The number of aromatic nitrogens is 2. The maximum Gasteiger partial charge on any atom is 0.262 e. The number of fused-ring (bicyclic) bond motifs is 1. The van der Waals surface area contributed by atoms with Gasteiger partial charge in [0, 0.05) is 25.2 Å². The van der Waals surface area contributed by atoms with Gasteiger partial charge in [-0.1, -0.05) is 47.1 Å². The van der Waals surface area contributed by atoms with E-state index in [9.17, 15) is 9.59 Å². The molecule has 1 saturated heterocycles. The number of carbonyl (C=O) groups excluding carboxylic acids is 1. The number of amides is 1.